The SMILES string of the molecule is CCc1cnc(C(C)NCc2ccccc2OCC#N)s1. The van der Waals surface area contributed by atoms with E-state index >= 15 is 0 Å². The van der Waals surface area contributed by atoms with Crippen molar-refractivity contribution >= 4 is 11.3 Å². The molecule has 1 atom stereocenters. The normalized spacial score (nSPS) is 11.9. The molecule has 1 unspecified atom stereocenters. The number of para-hydroxylation sites is 1. The fourth-order valence-corrected chi connectivity index (χ4v) is 2.82. The summed E-state index contributed by atoms with van der Waals surface area (Å²) in [7, 11) is 0. The largest absolute Gasteiger partial charge is 0.478 e. The van der Waals surface area contributed by atoms with Gasteiger partial charge in [-0.3, -0.25) is 0 Å². The summed E-state index contributed by atoms with van der Waals surface area (Å²) in [6.45, 7) is 5.00. The molecule has 1 aromatic heterocycles. The quantitative estimate of drug-likeness (QED) is 0.851. The van der Waals surface area contributed by atoms with Crippen molar-refractivity contribution in [1.29, 1.82) is 5.26 Å². The first kappa shape index (κ1) is 15.5. The molecule has 21 heavy (non-hydrogen) atoms. The van der Waals surface area contributed by atoms with E-state index in [9.17, 15) is 0 Å². The van der Waals surface area contributed by atoms with Gasteiger partial charge in [-0.1, -0.05) is 25.1 Å². The number of ether oxygens (including phenoxy) is 1. The molecule has 0 bridgehead atoms. The fraction of sp³-hybridized carbons (Fsp3) is 0.375. The predicted molar refractivity (Wildman–Crippen MR) is 84.3 cm³/mol. The zero-order valence-electron chi connectivity index (χ0n) is 12.3. The van der Waals surface area contributed by atoms with Crippen molar-refractivity contribution in [2.45, 2.75) is 32.9 Å². The summed E-state index contributed by atoms with van der Waals surface area (Å²) in [6.07, 6.45) is 2.97. The molecule has 0 spiro atoms. The fourth-order valence-electron chi connectivity index (χ4n) is 1.94. The van der Waals surface area contributed by atoms with Crippen molar-refractivity contribution in [1.82, 2.24) is 10.3 Å². The van der Waals surface area contributed by atoms with Gasteiger partial charge in [-0.2, -0.15) is 5.26 Å². The predicted octanol–water partition coefficient (Wildman–Crippen LogP) is 3.46. The van der Waals surface area contributed by atoms with Crippen LogP contribution >= 0.6 is 11.3 Å². The molecule has 2 rings (SSSR count). The van der Waals surface area contributed by atoms with E-state index in [1.807, 2.05) is 36.5 Å². The van der Waals surface area contributed by atoms with E-state index < -0.39 is 0 Å². The molecule has 0 saturated heterocycles. The number of aromatic nitrogens is 1. The lowest BCUT2D eigenvalue weighted by Crippen LogP contribution is -2.18. The van der Waals surface area contributed by atoms with Crippen molar-refractivity contribution < 1.29 is 4.74 Å². The molecule has 0 aliphatic rings. The molecule has 0 fully saturated rings. The zero-order valence-corrected chi connectivity index (χ0v) is 13.1. The Morgan fingerprint density at radius 2 is 2.24 bits per heavy atom. The van der Waals surface area contributed by atoms with Crippen molar-refractivity contribution in [2.24, 2.45) is 0 Å². The highest BCUT2D eigenvalue weighted by Crippen LogP contribution is 2.22. The van der Waals surface area contributed by atoms with E-state index in [4.69, 9.17) is 10.00 Å². The molecule has 0 aliphatic heterocycles. The topological polar surface area (TPSA) is 57.9 Å². The highest BCUT2D eigenvalue weighted by Gasteiger charge is 2.11. The lowest BCUT2D eigenvalue weighted by atomic mass is 10.2. The molecule has 1 heterocycles. The molecule has 1 aromatic carbocycles. The van der Waals surface area contributed by atoms with Gasteiger partial charge in [0.25, 0.3) is 0 Å². The molecule has 0 amide bonds. The second-order valence-corrected chi connectivity index (χ2v) is 5.82. The van der Waals surface area contributed by atoms with Crippen LogP contribution in [0.5, 0.6) is 5.75 Å². The van der Waals surface area contributed by atoms with Crippen LogP contribution in [-0.2, 0) is 13.0 Å². The first-order valence-electron chi connectivity index (χ1n) is 7.00. The first-order valence-corrected chi connectivity index (χ1v) is 7.82. The monoisotopic (exact) mass is 301 g/mol. The van der Waals surface area contributed by atoms with Gasteiger partial charge in [-0.15, -0.1) is 11.3 Å². The molecule has 0 saturated carbocycles. The number of thiazole rings is 1. The second kappa shape index (κ2) is 7.77. The van der Waals surface area contributed by atoms with E-state index in [1.54, 1.807) is 11.3 Å². The van der Waals surface area contributed by atoms with E-state index in [0.29, 0.717) is 6.54 Å². The number of nitrogens with zero attached hydrogens (tertiary/aromatic N) is 2. The molecular formula is C16H19N3OS. The van der Waals surface area contributed by atoms with Crippen LogP contribution in [0.1, 0.15) is 35.3 Å². The highest BCUT2D eigenvalue weighted by molar-refractivity contribution is 7.11. The van der Waals surface area contributed by atoms with Crippen LogP contribution in [0.15, 0.2) is 30.5 Å². The van der Waals surface area contributed by atoms with Gasteiger partial charge in [0.15, 0.2) is 6.61 Å². The summed E-state index contributed by atoms with van der Waals surface area (Å²) in [5, 5.41) is 13.2. The Morgan fingerprint density at radius 3 is 2.95 bits per heavy atom. The Bertz CT molecular complexity index is 618. The number of nitrogens with one attached hydrogen (secondary N) is 1. The number of hydrogen-bond donors (Lipinski definition) is 1. The molecule has 5 heteroatoms. The first-order chi connectivity index (χ1) is 10.2. The van der Waals surface area contributed by atoms with Gasteiger partial charge in [-0.25, -0.2) is 4.98 Å². The van der Waals surface area contributed by atoms with Gasteiger partial charge in [0.2, 0.25) is 0 Å². The maximum Gasteiger partial charge on any atom is 0.174 e. The molecule has 1 N–H and O–H groups in total. The van der Waals surface area contributed by atoms with E-state index in [2.05, 4.69) is 24.1 Å². The number of aryl methyl sites for hydroxylation is 1. The van der Waals surface area contributed by atoms with Crippen LogP contribution in [0, 0.1) is 11.3 Å². The number of rotatable bonds is 7. The molecule has 0 radical (unpaired) electrons. The van der Waals surface area contributed by atoms with Crippen LogP contribution in [0.25, 0.3) is 0 Å². The lowest BCUT2D eigenvalue weighted by molar-refractivity contribution is 0.361. The number of nitriles is 1. The van der Waals surface area contributed by atoms with E-state index in [-0.39, 0.29) is 12.6 Å². The van der Waals surface area contributed by atoms with Gasteiger partial charge in [0.05, 0.1) is 6.04 Å². The zero-order chi connectivity index (χ0) is 15.1. The van der Waals surface area contributed by atoms with Crippen molar-refractivity contribution in [2.75, 3.05) is 6.61 Å². The van der Waals surface area contributed by atoms with E-state index in [1.165, 1.54) is 4.88 Å². The Hall–Kier alpha value is -1.90. The van der Waals surface area contributed by atoms with Crippen LogP contribution in [0.2, 0.25) is 0 Å². The third-order valence-electron chi connectivity index (χ3n) is 3.15. The van der Waals surface area contributed by atoms with Crippen LogP contribution in [0.4, 0.5) is 0 Å². The summed E-state index contributed by atoms with van der Waals surface area (Å²) in [5.74, 6) is 0.757. The van der Waals surface area contributed by atoms with Gasteiger partial charge >= 0.3 is 0 Å². The molecule has 0 aliphatic carbocycles. The minimum absolute atomic E-state index is 0.0684. The smallest absolute Gasteiger partial charge is 0.174 e. The molecule has 110 valence electrons. The number of hydrogen-bond acceptors (Lipinski definition) is 5. The average Bonchev–Trinajstić information content (AvgIpc) is 3.00. The van der Waals surface area contributed by atoms with Crippen LogP contribution in [-0.4, -0.2) is 11.6 Å². The maximum atomic E-state index is 8.61. The number of benzene rings is 1. The Kier molecular flexibility index (Phi) is 5.73. The summed E-state index contributed by atoms with van der Waals surface area (Å²) >= 11 is 1.75. The third kappa shape index (κ3) is 4.28. The standard InChI is InChI=1S/C16H19N3OS/c1-3-14-11-19-16(21-14)12(2)18-10-13-6-4-5-7-15(13)20-9-8-17/h4-7,11-12,18H,3,9-10H2,1-2H3. The van der Waals surface area contributed by atoms with Crippen LogP contribution in [0.3, 0.4) is 0 Å². The molecular weight excluding hydrogens is 282 g/mol. The summed E-state index contributed by atoms with van der Waals surface area (Å²) < 4.78 is 5.43. The Balaban J connectivity index is 1.97. The molecule has 4 nitrogen and oxygen atoms in total. The minimum atomic E-state index is 0.0684. The summed E-state index contributed by atoms with van der Waals surface area (Å²) in [5.41, 5.74) is 1.05. The van der Waals surface area contributed by atoms with Crippen LogP contribution < -0.4 is 10.1 Å². The third-order valence-corrected chi connectivity index (χ3v) is 4.48. The molecule has 2 aromatic rings. The van der Waals surface area contributed by atoms with Crippen molar-refractivity contribution in [3.05, 3.63) is 45.9 Å². The Labute approximate surface area is 129 Å². The van der Waals surface area contributed by atoms with Crippen molar-refractivity contribution in [3.8, 4) is 11.8 Å². The van der Waals surface area contributed by atoms with Gasteiger partial charge < -0.3 is 10.1 Å². The minimum Gasteiger partial charge on any atom is -0.478 e. The highest BCUT2D eigenvalue weighted by atomic mass is 32.1. The van der Waals surface area contributed by atoms with Gasteiger partial charge in [0, 0.05) is 23.2 Å². The van der Waals surface area contributed by atoms with E-state index in [0.717, 1.165) is 22.7 Å². The Morgan fingerprint density at radius 1 is 1.43 bits per heavy atom. The summed E-state index contributed by atoms with van der Waals surface area (Å²) in [6, 6.07) is 9.96. The average molecular weight is 301 g/mol. The van der Waals surface area contributed by atoms with Gasteiger partial charge in [0.1, 0.15) is 16.8 Å². The lowest BCUT2D eigenvalue weighted by Gasteiger charge is -2.13. The summed E-state index contributed by atoms with van der Waals surface area (Å²) in [4.78, 5) is 5.76. The second-order valence-electron chi connectivity index (χ2n) is 4.68. The maximum absolute atomic E-state index is 8.61. The van der Waals surface area contributed by atoms with Crippen molar-refractivity contribution in [3.63, 3.8) is 0 Å². The van der Waals surface area contributed by atoms with Gasteiger partial charge in [-0.05, 0) is 19.4 Å².